The number of nitrogens with zero attached hydrogens (tertiary/aromatic N) is 1. The third-order valence-corrected chi connectivity index (χ3v) is 2.90. The smallest absolute Gasteiger partial charge is 0.0937 e. The van der Waals surface area contributed by atoms with Crippen LogP contribution >= 0.6 is 11.3 Å². The molecule has 80 valence electrons. The van der Waals surface area contributed by atoms with Gasteiger partial charge in [0.05, 0.1) is 5.01 Å². The molecule has 0 unspecified atom stereocenters. The number of rotatable bonds is 8. The Morgan fingerprint density at radius 1 is 1.29 bits per heavy atom. The molecular formula is C10H19N3S. The van der Waals surface area contributed by atoms with Gasteiger partial charge in [0.1, 0.15) is 0 Å². The van der Waals surface area contributed by atoms with Gasteiger partial charge in [-0.2, -0.15) is 0 Å². The van der Waals surface area contributed by atoms with E-state index in [0.29, 0.717) is 0 Å². The Hall–Kier alpha value is -0.450. The quantitative estimate of drug-likeness (QED) is 0.642. The van der Waals surface area contributed by atoms with Crippen molar-refractivity contribution < 1.29 is 0 Å². The minimum Gasteiger partial charge on any atom is -0.330 e. The van der Waals surface area contributed by atoms with Crippen molar-refractivity contribution in [3.05, 3.63) is 16.6 Å². The Labute approximate surface area is 89.7 Å². The molecule has 1 aromatic heterocycles. The lowest BCUT2D eigenvalue weighted by molar-refractivity contribution is 0.606. The van der Waals surface area contributed by atoms with Gasteiger partial charge < -0.3 is 11.1 Å². The van der Waals surface area contributed by atoms with E-state index in [-0.39, 0.29) is 0 Å². The van der Waals surface area contributed by atoms with Gasteiger partial charge in [0, 0.05) is 24.5 Å². The third-order valence-electron chi connectivity index (χ3n) is 2.06. The van der Waals surface area contributed by atoms with Crippen LogP contribution in [0.25, 0.3) is 0 Å². The standard InChI is InChI=1S/C10H19N3S/c11-5-2-1-3-6-12-7-4-10-13-8-9-14-10/h8-9,12H,1-7,11H2. The molecule has 0 aliphatic rings. The van der Waals surface area contributed by atoms with Crippen molar-refractivity contribution in [2.45, 2.75) is 25.7 Å². The summed E-state index contributed by atoms with van der Waals surface area (Å²) >= 11 is 1.73. The maximum Gasteiger partial charge on any atom is 0.0937 e. The van der Waals surface area contributed by atoms with Gasteiger partial charge in [-0.1, -0.05) is 6.42 Å². The summed E-state index contributed by atoms with van der Waals surface area (Å²) in [5.41, 5.74) is 5.41. The molecule has 0 aliphatic heterocycles. The molecule has 0 fully saturated rings. The maximum atomic E-state index is 5.41. The molecule has 14 heavy (non-hydrogen) atoms. The van der Waals surface area contributed by atoms with Gasteiger partial charge in [0.25, 0.3) is 0 Å². The highest BCUT2D eigenvalue weighted by Gasteiger charge is 1.94. The molecular weight excluding hydrogens is 194 g/mol. The normalized spacial score (nSPS) is 10.6. The van der Waals surface area contributed by atoms with E-state index in [2.05, 4.69) is 10.3 Å². The summed E-state index contributed by atoms with van der Waals surface area (Å²) in [6.45, 7) is 2.96. The van der Waals surface area contributed by atoms with E-state index in [0.717, 1.165) is 32.5 Å². The van der Waals surface area contributed by atoms with E-state index in [1.165, 1.54) is 17.8 Å². The number of hydrogen-bond acceptors (Lipinski definition) is 4. The Balaban J connectivity index is 1.85. The summed E-state index contributed by atoms with van der Waals surface area (Å²) in [6.07, 6.45) is 6.53. The van der Waals surface area contributed by atoms with E-state index >= 15 is 0 Å². The lowest BCUT2D eigenvalue weighted by Gasteiger charge is -2.02. The van der Waals surface area contributed by atoms with Crippen molar-refractivity contribution in [1.29, 1.82) is 0 Å². The molecule has 1 aromatic rings. The second kappa shape index (κ2) is 7.91. The third kappa shape index (κ3) is 5.32. The van der Waals surface area contributed by atoms with Crippen molar-refractivity contribution in [3.63, 3.8) is 0 Å². The van der Waals surface area contributed by atoms with Crippen molar-refractivity contribution in [1.82, 2.24) is 10.3 Å². The zero-order valence-electron chi connectivity index (χ0n) is 8.54. The van der Waals surface area contributed by atoms with Crippen molar-refractivity contribution >= 4 is 11.3 Å². The summed E-state index contributed by atoms with van der Waals surface area (Å²) in [7, 11) is 0. The van der Waals surface area contributed by atoms with Gasteiger partial charge in [-0.25, -0.2) is 4.98 Å². The number of hydrogen-bond donors (Lipinski definition) is 2. The SMILES string of the molecule is NCCCCCNCCc1nccs1. The zero-order valence-corrected chi connectivity index (χ0v) is 9.35. The van der Waals surface area contributed by atoms with Crippen LogP contribution in [0.15, 0.2) is 11.6 Å². The molecule has 3 N–H and O–H groups in total. The number of aromatic nitrogens is 1. The van der Waals surface area contributed by atoms with Crippen molar-refractivity contribution in [3.8, 4) is 0 Å². The number of nitrogens with two attached hydrogens (primary N) is 1. The average Bonchev–Trinajstić information content (AvgIpc) is 2.69. The molecule has 0 bridgehead atoms. The summed E-state index contributed by atoms with van der Waals surface area (Å²) in [6, 6.07) is 0. The summed E-state index contributed by atoms with van der Waals surface area (Å²) in [5.74, 6) is 0. The van der Waals surface area contributed by atoms with Crippen LogP contribution in [0, 0.1) is 0 Å². The molecule has 0 radical (unpaired) electrons. The molecule has 0 saturated carbocycles. The van der Waals surface area contributed by atoms with Crippen LogP contribution in [0.5, 0.6) is 0 Å². The van der Waals surface area contributed by atoms with E-state index < -0.39 is 0 Å². The molecule has 0 atom stereocenters. The highest BCUT2D eigenvalue weighted by molar-refractivity contribution is 7.09. The topological polar surface area (TPSA) is 50.9 Å². The van der Waals surface area contributed by atoms with Crippen LogP contribution in [0.3, 0.4) is 0 Å². The summed E-state index contributed by atoms with van der Waals surface area (Å²) < 4.78 is 0. The predicted octanol–water partition coefficient (Wildman–Crippen LogP) is 1.40. The fourth-order valence-corrected chi connectivity index (χ4v) is 1.89. The fraction of sp³-hybridized carbons (Fsp3) is 0.700. The predicted molar refractivity (Wildman–Crippen MR) is 61.6 cm³/mol. The first kappa shape index (κ1) is 11.6. The van der Waals surface area contributed by atoms with Crippen LogP contribution in [0.2, 0.25) is 0 Å². The van der Waals surface area contributed by atoms with E-state index in [9.17, 15) is 0 Å². The van der Waals surface area contributed by atoms with Crippen LogP contribution in [0.4, 0.5) is 0 Å². The molecule has 0 saturated heterocycles. The second-order valence-electron chi connectivity index (χ2n) is 3.28. The molecule has 0 aromatic carbocycles. The number of thiazole rings is 1. The minimum absolute atomic E-state index is 0.819. The van der Waals surface area contributed by atoms with Crippen LogP contribution in [-0.2, 0) is 6.42 Å². The van der Waals surface area contributed by atoms with Crippen LogP contribution < -0.4 is 11.1 Å². The minimum atomic E-state index is 0.819. The van der Waals surface area contributed by atoms with Gasteiger partial charge in [0.2, 0.25) is 0 Å². The lowest BCUT2D eigenvalue weighted by atomic mass is 10.2. The van der Waals surface area contributed by atoms with Crippen molar-refractivity contribution in [2.75, 3.05) is 19.6 Å². The summed E-state index contributed by atoms with van der Waals surface area (Å²) in [4.78, 5) is 4.23. The first-order valence-corrected chi connectivity index (χ1v) is 6.10. The molecule has 1 rings (SSSR count). The Kier molecular flexibility index (Phi) is 6.57. The zero-order chi connectivity index (χ0) is 10.1. The molecule has 0 aliphatic carbocycles. The highest BCUT2D eigenvalue weighted by atomic mass is 32.1. The molecule has 3 nitrogen and oxygen atoms in total. The lowest BCUT2D eigenvalue weighted by Crippen LogP contribution is -2.18. The second-order valence-corrected chi connectivity index (χ2v) is 4.25. The fourth-order valence-electron chi connectivity index (χ4n) is 1.27. The van der Waals surface area contributed by atoms with Crippen LogP contribution in [0.1, 0.15) is 24.3 Å². The largest absolute Gasteiger partial charge is 0.330 e. The van der Waals surface area contributed by atoms with Gasteiger partial charge >= 0.3 is 0 Å². The first-order chi connectivity index (χ1) is 6.93. The van der Waals surface area contributed by atoms with Gasteiger partial charge in [0.15, 0.2) is 0 Å². The highest BCUT2D eigenvalue weighted by Crippen LogP contribution is 2.03. The van der Waals surface area contributed by atoms with Gasteiger partial charge in [-0.15, -0.1) is 11.3 Å². The molecule has 0 amide bonds. The van der Waals surface area contributed by atoms with E-state index in [4.69, 9.17) is 5.73 Å². The monoisotopic (exact) mass is 213 g/mol. The van der Waals surface area contributed by atoms with Gasteiger partial charge in [-0.3, -0.25) is 0 Å². The van der Waals surface area contributed by atoms with Gasteiger partial charge in [-0.05, 0) is 25.9 Å². The maximum absolute atomic E-state index is 5.41. The number of nitrogens with one attached hydrogen (secondary N) is 1. The molecule has 0 spiro atoms. The molecule has 1 heterocycles. The van der Waals surface area contributed by atoms with E-state index in [1.54, 1.807) is 11.3 Å². The first-order valence-electron chi connectivity index (χ1n) is 5.22. The Bertz CT molecular complexity index is 211. The average molecular weight is 213 g/mol. The van der Waals surface area contributed by atoms with Crippen molar-refractivity contribution in [2.24, 2.45) is 5.73 Å². The van der Waals surface area contributed by atoms with Crippen LogP contribution in [-0.4, -0.2) is 24.6 Å². The Morgan fingerprint density at radius 3 is 2.93 bits per heavy atom. The van der Waals surface area contributed by atoms with E-state index in [1.807, 2.05) is 11.6 Å². The summed E-state index contributed by atoms with van der Waals surface area (Å²) in [5, 5.41) is 6.65. The number of unbranched alkanes of at least 4 members (excludes halogenated alkanes) is 2. The molecule has 4 heteroatoms. The Morgan fingerprint density at radius 2 is 2.21 bits per heavy atom.